The summed E-state index contributed by atoms with van der Waals surface area (Å²) < 4.78 is 16.9. The number of rotatable bonds is 6. The van der Waals surface area contributed by atoms with E-state index < -0.39 is 23.5 Å². The molecule has 4 aromatic rings. The molecular weight excluding hydrogens is 530 g/mol. The molecule has 194 valence electrons. The molecule has 1 aliphatic rings. The minimum absolute atomic E-state index is 0.127. The summed E-state index contributed by atoms with van der Waals surface area (Å²) in [7, 11) is 4.43. The molecule has 2 aromatic heterocycles. The van der Waals surface area contributed by atoms with Gasteiger partial charge in [-0.1, -0.05) is 29.0 Å². The van der Waals surface area contributed by atoms with Gasteiger partial charge in [-0.15, -0.1) is 0 Å². The van der Waals surface area contributed by atoms with Crippen LogP contribution in [0.5, 0.6) is 17.2 Å². The first-order valence-corrected chi connectivity index (χ1v) is 12.6. The Labute approximate surface area is 226 Å². The number of pyridine rings is 1. The van der Waals surface area contributed by atoms with Gasteiger partial charge in [-0.3, -0.25) is 19.5 Å². The number of thiazole rings is 1. The predicted octanol–water partition coefficient (Wildman–Crippen LogP) is 5.31. The number of nitrogens with zero attached hydrogens (tertiary/aromatic N) is 3. The molecule has 1 unspecified atom stereocenters. The molecule has 1 saturated heterocycles. The van der Waals surface area contributed by atoms with Crippen LogP contribution >= 0.6 is 22.9 Å². The molecule has 0 radical (unpaired) electrons. The van der Waals surface area contributed by atoms with Gasteiger partial charge < -0.3 is 19.3 Å². The molecule has 1 amide bonds. The second kappa shape index (κ2) is 9.96. The van der Waals surface area contributed by atoms with Crippen molar-refractivity contribution in [3.63, 3.8) is 0 Å². The average Bonchev–Trinajstić information content (AvgIpc) is 3.45. The largest absolute Gasteiger partial charge is 0.507 e. The number of aliphatic hydroxyl groups excluding tert-OH is 1. The normalized spacial score (nSPS) is 16.8. The number of benzene rings is 2. The highest BCUT2D eigenvalue weighted by Gasteiger charge is 2.49. The molecule has 9 nitrogen and oxygen atoms in total. The van der Waals surface area contributed by atoms with E-state index in [2.05, 4.69) is 9.97 Å². The molecule has 0 aliphatic carbocycles. The Morgan fingerprint density at radius 1 is 1.03 bits per heavy atom. The van der Waals surface area contributed by atoms with Crippen molar-refractivity contribution in [2.24, 2.45) is 0 Å². The number of aryl methyl sites for hydroxylation is 1. The zero-order valence-electron chi connectivity index (χ0n) is 20.8. The van der Waals surface area contributed by atoms with Crippen molar-refractivity contribution in [3.05, 3.63) is 76.1 Å². The van der Waals surface area contributed by atoms with Gasteiger partial charge in [0.25, 0.3) is 5.78 Å². The lowest BCUT2D eigenvalue weighted by molar-refractivity contribution is -0.132. The lowest BCUT2D eigenvalue weighted by atomic mass is 9.98. The number of hydrogen-bond acceptors (Lipinski definition) is 9. The third-order valence-corrected chi connectivity index (χ3v) is 7.55. The van der Waals surface area contributed by atoms with E-state index in [0.717, 1.165) is 10.3 Å². The van der Waals surface area contributed by atoms with Crippen LogP contribution < -0.4 is 19.1 Å². The Morgan fingerprint density at radius 2 is 1.76 bits per heavy atom. The molecule has 0 saturated carbocycles. The van der Waals surface area contributed by atoms with E-state index in [4.69, 9.17) is 25.8 Å². The van der Waals surface area contributed by atoms with Gasteiger partial charge in [-0.05, 0) is 42.8 Å². The van der Waals surface area contributed by atoms with Gasteiger partial charge in [0, 0.05) is 12.3 Å². The Bertz CT molecular complexity index is 1620. The van der Waals surface area contributed by atoms with E-state index in [1.807, 2.05) is 19.1 Å². The molecule has 1 fully saturated rings. The molecule has 2 aromatic carbocycles. The molecule has 1 N–H and O–H groups in total. The molecule has 0 spiro atoms. The van der Waals surface area contributed by atoms with E-state index in [0.29, 0.717) is 22.7 Å². The van der Waals surface area contributed by atoms with E-state index >= 15 is 0 Å². The van der Waals surface area contributed by atoms with Gasteiger partial charge in [-0.2, -0.15) is 0 Å². The van der Waals surface area contributed by atoms with E-state index in [1.165, 1.54) is 42.6 Å². The van der Waals surface area contributed by atoms with E-state index in [-0.39, 0.29) is 27.0 Å². The molecular formula is C27H22ClN3O6S. The third-order valence-electron chi connectivity index (χ3n) is 6.24. The summed E-state index contributed by atoms with van der Waals surface area (Å²) in [5.74, 6) is -0.982. The highest BCUT2D eigenvalue weighted by molar-refractivity contribution is 7.22. The first-order chi connectivity index (χ1) is 18.3. The number of amides is 1. The molecule has 0 bridgehead atoms. The van der Waals surface area contributed by atoms with Crippen LogP contribution in [-0.4, -0.2) is 48.1 Å². The van der Waals surface area contributed by atoms with Crippen LogP contribution in [0.1, 0.15) is 22.9 Å². The number of anilines is 1. The van der Waals surface area contributed by atoms with Crippen molar-refractivity contribution in [2.75, 3.05) is 26.2 Å². The van der Waals surface area contributed by atoms with Crippen LogP contribution in [0.25, 0.3) is 16.0 Å². The van der Waals surface area contributed by atoms with Gasteiger partial charge in [0.15, 0.2) is 5.13 Å². The van der Waals surface area contributed by atoms with Crippen LogP contribution in [0.15, 0.2) is 54.2 Å². The summed E-state index contributed by atoms with van der Waals surface area (Å²) in [4.78, 5) is 37.3. The SMILES string of the molecule is COc1cc2sc(N3C(=O)C(=O)/C(=C(/O)c4cc(Cl)c(OC)cc4OC)C3c3ccccn3)nc2cc1C. The van der Waals surface area contributed by atoms with Crippen LogP contribution in [0.3, 0.4) is 0 Å². The van der Waals surface area contributed by atoms with E-state index in [1.54, 1.807) is 31.5 Å². The van der Waals surface area contributed by atoms with Crippen molar-refractivity contribution in [2.45, 2.75) is 13.0 Å². The fourth-order valence-electron chi connectivity index (χ4n) is 4.41. The molecule has 5 rings (SSSR count). The number of carbonyl (C=O) groups excluding carboxylic acids is 2. The summed E-state index contributed by atoms with van der Waals surface area (Å²) >= 11 is 7.56. The number of aromatic nitrogens is 2. The number of carbonyl (C=O) groups is 2. The number of methoxy groups -OCH3 is 3. The topological polar surface area (TPSA) is 111 Å². The van der Waals surface area contributed by atoms with Crippen LogP contribution in [0.4, 0.5) is 5.13 Å². The summed E-state index contributed by atoms with van der Waals surface area (Å²) in [5.41, 5.74) is 1.86. The molecule has 1 aliphatic heterocycles. The second-order valence-corrected chi connectivity index (χ2v) is 9.81. The number of aliphatic hydroxyl groups is 1. The Hall–Kier alpha value is -4.15. The van der Waals surface area contributed by atoms with Gasteiger partial charge in [0.1, 0.15) is 29.0 Å². The van der Waals surface area contributed by atoms with Gasteiger partial charge >= 0.3 is 5.91 Å². The van der Waals surface area contributed by atoms with Crippen molar-refractivity contribution >= 4 is 55.7 Å². The van der Waals surface area contributed by atoms with Gasteiger partial charge in [0.2, 0.25) is 0 Å². The Morgan fingerprint density at radius 3 is 2.42 bits per heavy atom. The van der Waals surface area contributed by atoms with Crippen molar-refractivity contribution in [1.29, 1.82) is 0 Å². The molecule has 38 heavy (non-hydrogen) atoms. The maximum absolute atomic E-state index is 13.5. The summed E-state index contributed by atoms with van der Waals surface area (Å²) in [6.07, 6.45) is 1.55. The monoisotopic (exact) mass is 551 g/mol. The van der Waals surface area contributed by atoms with Crippen LogP contribution in [0, 0.1) is 6.92 Å². The van der Waals surface area contributed by atoms with Gasteiger partial charge in [0.05, 0.1) is 53.4 Å². The lowest BCUT2D eigenvalue weighted by Crippen LogP contribution is -2.29. The predicted molar refractivity (Wildman–Crippen MR) is 144 cm³/mol. The summed E-state index contributed by atoms with van der Waals surface area (Å²) in [5, 5.41) is 12.0. The lowest BCUT2D eigenvalue weighted by Gasteiger charge is -2.22. The maximum atomic E-state index is 13.5. The number of hydrogen-bond donors (Lipinski definition) is 1. The number of fused-ring (bicyclic) bond motifs is 1. The number of ketones is 1. The van der Waals surface area contributed by atoms with Crippen LogP contribution in [-0.2, 0) is 9.59 Å². The summed E-state index contributed by atoms with van der Waals surface area (Å²) in [6, 6.07) is 10.7. The van der Waals surface area contributed by atoms with Gasteiger partial charge in [-0.25, -0.2) is 4.98 Å². The van der Waals surface area contributed by atoms with Crippen molar-refractivity contribution in [1.82, 2.24) is 9.97 Å². The highest BCUT2D eigenvalue weighted by Crippen LogP contribution is 2.46. The maximum Gasteiger partial charge on any atom is 0.301 e. The fraction of sp³-hybridized carbons (Fsp3) is 0.185. The Balaban J connectivity index is 1.74. The quantitative estimate of drug-likeness (QED) is 0.195. The first-order valence-electron chi connectivity index (χ1n) is 11.4. The molecule has 3 heterocycles. The highest BCUT2D eigenvalue weighted by atomic mass is 35.5. The zero-order chi connectivity index (χ0) is 27.1. The average molecular weight is 552 g/mol. The summed E-state index contributed by atoms with van der Waals surface area (Å²) in [6.45, 7) is 1.89. The minimum Gasteiger partial charge on any atom is -0.507 e. The number of ether oxygens (including phenoxy) is 3. The van der Waals surface area contributed by atoms with Crippen LogP contribution in [0.2, 0.25) is 5.02 Å². The van der Waals surface area contributed by atoms with Crippen molar-refractivity contribution < 1.29 is 28.9 Å². The smallest absolute Gasteiger partial charge is 0.301 e. The zero-order valence-corrected chi connectivity index (χ0v) is 22.4. The third kappa shape index (κ3) is 4.11. The Kier molecular flexibility index (Phi) is 6.68. The number of Topliss-reactive ketones (excluding diaryl/α,β-unsaturated/α-hetero) is 1. The van der Waals surface area contributed by atoms with Crippen molar-refractivity contribution in [3.8, 4) is 17.2 Å². The fourth-order valence-corrected chi connectivity index (χ4v) is 5.65. The molecule has 1 atom stereocenters. The number of halogens is 1. The first kappa shape index (κ1) is 25.5. The van der Waals surface area contributed by atoms with E-state index in [9.17, 15) is 14.7 Å². The molecule has 11 heteroatoms. The minimum atomic E-state index is -1.05. The second-order valence-electron chi connectivity index (χ2n) is 8.40. The standard InChI is InChI=1S/C27H22ClN3O6S/c1-13-9-17-21(12-18(13)35-2)38-27(30-17)31-23(16-7-5-6-8-29-16)22(25(33)26(31)34)24(32)14-10-15(28)20(37-4)11-19(14)36-3/h5-12,23,32H,1-4H3/b24-22+.